The number of carbonyl (C=O) groups excluding carboxylic acids is 2. The van der Waals surface area contributed by atoms with Crippen LogP contribution in [0.1, 0.15) is 64.4 Å². The summed E-state index contributed by atoms with van der Waals surface area (Å²) in [6.07, 6.45) is -5.93. The van der Waals surface area contributed by atoms with Gasteiger partial charge in [0.1, 0.15) is 15.4 Å². The average molecular weight is 501 g/mol. The second-order valence-electron chi connectivity index (χ2n) is 8.31. The van der Waals surface area contributed by atoms with Crippen LogP contribution >= 0.6 is 11.3 Å². The van der Waals surface area contributed by atoms with Crippen LogP contribution in [0.4, 0.5) is 27.6 Å². The standard InChI is InChI=1S/C21H20F5N5O2S/c1-8-5-11(17(22)23)28-20-14(8)15(16(34-20)18(27)32)29-19(33)9(2)7-31-12(10-3-4-10)6-13(30-31)21(24,25)26/h5-6,9-10,17H,3-4,7H2,1-2H3,(H2,27,32)(H,29,33). The van der Waals surface area contributed by atoms with Gasteiger partial charge in [-0.15, -0.1) is 11.3 Å². The Bertz CT molecular complexity index is 1280. The van der Waals surface area contributed by atoms with E-state index >= 15 is 0 Å². The minimum atomic E-state index is -4.60. The lowest BCUT2D eigenvalue weighted by atomic mass is 10.1. The number of hydrogen-bond acceptors (Lipinski definition) is 5. The first-order valence-electron chi connectivity index (χ1n) is 10.3. The molecule has 0 aromatic carbocycles. The Morgan fingerprint density at radius 2 is 1.97 bits per heavy atom. The molecule has 0 bridgehead atoms. The van der Waals surface area contributed by atoms with E-state index in [0.29, 0.717) is 16.6 Å². The van der Waals surface area contributed by atoms with Gasteiger partial charge in [0.2, 0.25) is 5.91 Å². The number of pyridine rings is 1. The molecule has 0 aliphatic heterocycles. The molecule has 0 radical (unpaired) electrons. The van der Waals surface area contributed by atoms with Gasteiger partial charge in [-0.1, -0.05) is 6.92 Å². The van der Waals surface area contributed by atoms with Crippen LogP contribution in [-0.4, -0.2) is 26.6 Å². The van der Waals surface area contributed by atoms with E-state index in [0.717, 1.165) is 36.3 Å². The third-order valence-electron chi connectivity index (χ3n) is 5.57. The van der Waals surface area contributed by atoms with Gasteiger partial charge in [0.25, 0.3) is 12.3 Å². The molecule has 1 fully saturated rings. The number of aromatic nitrogens is 3. The summed E-state index contributed by atoms with van der Waals surface area (Å²) in [6.45, 7) is 2.94. The zero-order valence-corrected chi connectivity index (χ0v) is 18.9. The van der Waals surface area contributed by atoms with Crippen molar-refractivity contribution in [2.45, 2.75) is 51.8 Å². The number of nitrogens with zero attached hydrogens (tertiary/aromatic N) is 3. The molecular formula is C21H20F5N5O2S. The van der Waals surface area contributed by atoms with E-state index in [1.165, 1.54) is 18.5 Å². The first-order chi connectivity index (χ1) is 15.9. The van der Waals surface area contributed by atoms with Gasteiger partial charge in [-0.2, -0.15) is 18.3 Å². The largest absolute Gasteiger partial charge is 0.435 e. The summed E-state index contributed by atoms with van der Waals surface area (Å²) in [7, 11) is 0. The molecule has 1 aliphatic rings. The van der Waals surface area contributed by atoms with Gasteiger partial charge in [-0.25, -0.2) is 13.8 Å². The summed E-state index contributed by atoms with van der Waals surface area (Å²) in [6, 6.07) is 2.17. The van der Waals surface area contributed by atoms with Crippen LogP contribution in [0.2, 0.25) is 0 Å². The molecule has 1 saturated carbocycles. The van der Waals surface area contributed by atoms with E-state index in [1.54, 1.807) is 0 Å². The molecule has 1 atom stereocenters. The molecule has 2 amide bonds. The minimum absolute atomic E-state index is 0.0288. The van der Waals surface area contributed by atoms with E-state index in [9.17, 15) is 31.5 Å². The fraction of sp³-hybridized carbons (Fsp3) is 0.429. The second-order valence-corrected chi connectivity index (χ2v) is 9.31. The van der Waals surface area contributed by atoms with Crippen molar-refractivity contribution < 1.29 is 31.5 Å². The maximum atomic E-state index is 13.1. The van der Waals surface area contributed by atoms with Crippen molar-refractivity contribution in [3.05, 3.63) is 39.7 Å². The third kappa shape index (κ3) is 4.61. The summed E-state index contributed by atoms with van der Waals surface area (Å²) in [5.41, 5.74) is 4.78. The molecule has 182 valence electrons. The van der Waals surface area contributed by atoms with Crippen LogP contribution in [-0.2, 0) is 17.5 Å². The number of nitrogens with two attached hydrogens (primary N) is 1. The van der Waals surface area contributed by atoms with Crippen LogP contribution in [0.15, 0.2) is 12.1 Å². The Morgan fingerprint density at radius 3 is 2.53 bits per heavy atom. The number of anilines is 1. The number of hydrogen-bond donors (Lipinski definition) is 2. The van der Waals surface area contributed by atoms with E-state index in [2.05, 4.69) is 15.4 Å². The first kappa shape index (κ1) is 24.0. The highest BCUT2D eigenvalue weighted by atomic mass is 32.1. The zero-order valence-electron chi connectivity index (χ0n) is 18.0. The monoisotopic (exact) mass is 501 g/mol. The van der Waals surface area contributed by atoms with Gasteiger partial charge in [0, 0.05) is 17.0 Å². The molecule has 0 saturated heterocycles. The fourth-order valence-electron chi connectivity index (χ4n) is 3.72. The number of amides is 2. The molecule has 3 aromatic rings. The predicted molar refractivity (Wildman–Crippen MR) is 115 cm³/mol. The number of halogens is 5. The van der Waals surface area contributed by atoms with Crippen LogP contribution in [0.3, 0.4) is 0 Å². The van der Waals surface area contributed by atoms with Gasteiger partial charge in [-0.3, -0.25) is 14.3 Å². The van der Waals surface area contributed by atoms with Gasteiger partial charge in [0.15, 0.2) is 5.69 Å². The quantitative estimate of drug-likeness (QED) is 0.445. The number of carbonyl (C=O) groups is 2. The average Bonchev–Trinajstić information content (AvgIpc) is 3.37. The van der Waals surface area contributed by atoms with Gasteiger partial charge in [-0.05, 0) is 37.5 Å². The number of alkyl halides is 5. The summed E-state index contributed by atoms with van der Waals surface area (Å²) < 4.78 is 66.9. The van der Waals surface area contributed by atoms with Crippen LogP contribution in [0.5, 0.6) is 0 Å². The Morgan fingerprint density at radius 1 is 1.29 bits per heavy atom. The summed E-state index contributed by atoms with van der Waals surface area (Å²) in [5.74, 6) is -2.33. The van der Waals surface area contributed by atoms with Crippen molar-refractivity contribution in [3.8, 4) is 0 Å². The van der Waals surface area contributed by atoms with E-state index in [-0.39, 0.29) is 27.9 Å². The molecule has 1 aliphatic carbocycles. The molecule has 3 N–H and O–H groups in total. The number of fused-ring (bicyclic) bond motifs is 1. The molecular weight excluding hydrogens is 481 g/mol. The fourth-order valence-corrected chi connectivity index (χ4v) is 4.79. The molecule has 1 unspecified atom stereocenters. The van der Waals surface area contributed by atoms with Crippen molar-refractivity contribution in [2.75, 3.05) is 5.32 Å². The lowest BCUT2D eigenvalue weighted by Crippen LogP contribution is -2.26. The number of primary amides is 1. The molecule has 4 rings (SSSR count). The normalized spacial score (nSPS) is 15.2. The minimum Gasteiger partial charge on any atom is -0.365 e. The summed E-state index contributed by atoms with van der Waals surface area (Å²) >= 11 is 0.780. The van der Waals surface area contributed by atoms with Gasteiger partial charge in [0.05, 0.1) is 18.2 Å². The SMILES string of the molecule is Cc1cc(C(F)F)nc2sc(C(N)=O)c(NC(=O)C(C)Cn3nc(C(F)(F)F)cc3C3CC3)c12. The van der Waals surface area contributed by atoms with Crippen molar-refractivity contribution in [1.82, 2.24) is 14.8 Å². The maximum absolute atomic E-state index is 13.1. The van der Waals surface area contributed by atoms with Crippen LogP contribution < -0.4 is 11.1 Å². The van der Waals surface area contributed by atoms with Crippen LogP contribution in [0.25, 0.3) is 10.2 Å². The summed E-state index contributed by atoms with van der Waals surface area (Å²) in [5, 5.41) is 6.57. The van der Waals surface area contributed by atoms with Crippen molar-refractivity contribution in [1.29, 1.82) is 0 Å². The molecule has 13 heteroatoms. The van der Waals surface area contributed by atoms with E-state index in [1.807, 2.05) is 0 Å². The highest BCUT2D eigenvalue weighted by Crippen LogP contribution is 2.42. The smallest absolute Gasteiger partial charge is 0.365 e. The van der Waals surface area contributed by atoms with Gasteiger partial charge >= 0.3 is 6.18 Å². The van der Waals surface area contributed by atoms with E-state index < -0.39 is 41.7 Å². The Kier molecular flexibility index (Phi) is 6.08. The molecule has 0 spiro atoms. The van der Waals surface area contributed by atoms with Crippen molar-refractivity contribution in [3.63, 3.8) is 0 Å². The van der Waals surface area contributed by atoms with Crippen molar-refractivity contribution in [2.24, 2.45) is 11.7 Å². The Labute approximate surface area is 194 Å². The lowest BCUT2D eigenvalue weighted by Gasteiger charge is -2.15. The molecule has 7 nitrogen and oxygen atoms in total. The predicted octanol–water partition coefficient (Wildman–Crippen LogP) is 5.01. The van der Waals surface area contributed by atoms with Gasteiger partial charge < -0.3 is 11.1 Å². The van der Waals surface area contributed by atoms with Crippen LogP contribution in [0, 0.1) is 12.8 Å². The number of thiophene rings is 1. The lowest BCUT2D eigenvalue weighted by molar-refractivity contribution is -0.141. The second kappa shape index (κ2) is 8.60. The Balaban J connectivity index is 1.63. The highest BCUT2D eigenvalue weighted by Gasteiger charge is 2.38. The highest BCUT2D eigenvalue weighted by molar-refractivity contribution is 7.21. The maximum Gasteiger partial charge on any atom is 0.435 e. The Hall–Kier alpha value is -3.09. The number of aryl methyl sites for hydroxylation is 1. The summed E-state index contributed by atoms with van der Waals surface area (Å²) in [4.78, 5) is 28.9. The topological polar surface area (TPSA) is 103 Å². The third-order valence-corrected chi connectivity index (χ3v) is 6.66. The molecule has 3 aromatic heterocycles. The molecule has 3 heterocycles. The first-order valence-corrected chi connectivity index (χ1v) is 11.2. The molecule has 34 heavy (non-hydrogen) atoms. The number of nitrogens with one attached hydrogen (secondary N) is 1. The number of rotatable bonds is 7. The van der Waals surface area contributed by atoms with E-state index in [4.69, 9.17) is 5.73 Å². The zero-order chi connectivity index (χ0) is 24.9. The van der Waals surface area contributed by atoms with Crippen molar-refractivity contribution >= 4 is 39.1 Å².